The van der Waals surface area contributed by atoms with Crippen molar-refractivity contribution in [1.29, 1.82) is 5.26 Å². The Balaban J connectivity index is 1.52. The van der Waals surface area contributed by atoms with Crippen LogP contribution in [0.3, 0.4) is 0 Å². The maximum Gasteiger partial charge on any atom is 0.191 e. The number of nitrogens with zero attached hydrogens (tertiary/aromatic N) is 5. The number of nitriles is 1. The smallest absolute Gasteiger partial charge is 0.191 e. The highest BCUT2D eigenvalue weighted by molar-refractivity contribution is 7.99. The molecule has 9 heteroatoms. The minimum atomic E-state index is -0.812. The van der Waals surface area contributed by atoms with Gasteiger partial charge in [-0.2, -0.15) is 5.26 Å². The molecular weight excluding hydrogens is 434 g/mol. The highest BCUT2D eigenvalue weighted by atomic mass is 32.2. The van der Waals surface area contributed by atoms with Gasteiger partial charge in [0.15, 0.2) is 16.9 Å². The predicted octanol–water partition coefficient (Wildman–Crippen LogP) is 5.17. The third kappa shape index (κ3) is 4.82. The summed E-state index contributed by atoms with van der Waals surface area (Å²) in [6.45, 7) is 1.87. The molecule has 6 nitrogen and oxygen atoms in total. The second-order valence-electron chi connectivity index (χ2n) is 7.46. The molecule has 0 radical (unpaired) electrons. The van der Waals surface area contributed by atoms with E-state index < -0.39 is 5.92 Å². The van der Waals surface area contributed by atoms with Gasteiger partial charge in [0, 0.05) is 28.4 Å². The fraction of sp³-hybridized carbons (Fsp3) is 0.476. The molecule has 0 N–H and O–H groups in total. The molecule has 1 aliphatic carbocycles. The zero-order valence-corrected chi connectivity index (χ0v) is 19.2. The molecule has 4 rings (SSSR count). The zero-order chi connectivity index (χ0) is 20.9. The molecule has 3 heterocycles. The first kappa shape index (κ1) is 21.2. The van der Waals surface area contributed by atoms with Gasteiger partial charge in [-0.15, -0.1) is 32.9 Å². The van der Waals surface area contributed by atoms with Gasteiger partial charge >= 0.3 is 0 Å². The number of hydrogen-bond acceptors (Lipinski definition) is 8. The molecule has 1 fully saturated rings. The molecular formula is C21H23N5OS3. The normalized spacial score (nSPS) is 15.7. The van der Waals surface area contributed by atoms with Crippen LogP contribution in [0, 0.1) is 18.3 Å². The summed E-state index contributed by atoms with van der Waals surface area (Å²) in [5, 5.41) is 23.7. The van der Waals surface area contributed by atoms with Crippen molar-refractivity contribution in [3.8, 4) is 6.07 Å². The van der Waals surface area contributed by atoms with Gasteiger partial charge in [0.1, 0.15) is 10.8 Å². The number of thiophene rings is 1. The molecule has 156 valence electrons. The summed E-state index contributed by atoms with van der Waals surface area (Å²) in [5.41, 5.74) is 0.839. The molecule has 3 aromatic rings. The van der Waals surface area contributed by atoms with Crippen LogP contribution in [0.25, 0.3) is 0 Å². The van der Waals surface area contributed by atoms with Crippen LogP contribution in [0.5, 0.6) is 0 Å². The Hall–Kier alpha value is -2.02. The number of aromatic nitrogens is 4. The van der Waals surface area contributed by atoms with Crippen LogP contribution in [-0.2, 0) is 11.2 Å². The van der Waals surface area contributed by atoms with Crippen LogP contribution >= 0.6 is 34.4 Å². The third-order valence-corrected chi connectivity index (χ3v) is 8.13. The largest absolute Gasteiger partial charge is 0.303 e. The number of thiazole rings is 1. The molecule has 0 spiro atoms. The van der Waals surface area contributed by atoms with Gasteiger partial charge in [0.25, 0.3) is 0 Å². The average molecular weight is 458 g/mol. The average Bonchev–Trinajstić information content (AvgIpc) is 3.50. The second-order valence-corrected chi connectivity index (χ2v) is 10.3. The minimum absolute atomic E-state index is 0.130. The van der Waals surface area contributed by atoms with Gasteiger partial charge in [-0.25, -0.2) is 4.98 Å². The lowest BCUT2D eigenvalue weighted by Crippen LogP contribution is -2.18. The standard InChI is InChI=1S/C21H23N5OS3/c1-14-12-29-20(23-14)17(11-22)18(27)13-30-21-25-24-19(10-16-8-5-9-28-16)26(21)15-6-3-2-4-7-15/h5,8-9,12,15,17H,2-4,6-7,10,13H2,1H3. The van der Waals surface area contributed by atoms with E-state index in [0.717, 1.165) is 35.9 Å². The molecule has 30 heavy (non-hydrogen) atoms. The molecule has 0 saturated heterocycles. The van der Waals surface area contributed by atoms with Gasteiger partial charge in [0.05, 0.1) is 11.8 Å². The molecule has 0 aromatic carbocycles. The lowest BCUT2D eigenvalue weighted by atomic mass is 9.95. The molecule has 0 amide bonds. The number of hydrogen-bond donors (Lipinski definition) is 0. The quantitative estimate of drug-likeness (QED) is 0.434. The van der Waals surface area contributed by atoms with Gasteiger partial charge in [-0.1, -0.05) is 37.1 Å². The SMILES string of the molecule is Cc1csc(C(C#N)C(=O)CSc2nnc(Cc3cccs3)n2C2CCCCC2)n1. The molecule has 1 saturated carbocycles. The topological polar surface area (TPSA) is 84.5 Å². The number of Topliss-reactive ketones (excluding diaryl/α,β-unsaturated/α-hetero) is 1. The van der Waals surface area contributed by atoms with Crippen LogP contribution in [-0.4, -0.2) is 31.3 Å². The van der Waals surface area contributed by atoms with Crippen molar-refractivity contribution >= 4 is 40.2 Å². The molecule has 1 aliphatic rings. The summed E-state index contributed by atoms with van der Waals surface area (Å²) in [5.74, 6) is 0.218. The van der Waals surface area contributed by atoms with Gasteiger partial charge in [0.2, 0.25) is 0 Å². The number of rotatable bonds is 8. The highest BCUT2D eigenvalue weighted by Crippen LogP contribution is 2.34. The maximum atomic E-state index is 12.8. The highest BCUT2D eigenvalue weighted by Gasteiger charge is 2.27. The Morgan fingerprint density at radius 3 is 2.83 bits per heavy atom. The number of carbonyl (C=O) groups is 1. The number of ketones is 1. The molecule has 3 aromatic heterocycles. The number of thioether (sulfide) groups is 1. The summed E-state index contributed by atoms with van der Waals surface area (Å²) >= 11 is 4.49. The fourth-order valence-corrected chi connectivity index (χ4v) is 6.28. The van der Waals surface area contributed by atoms with Crippen molar-refractivity contribution in [2.45, 2.75) is 62.6 Å². The first-order valence-electron chi connectivity index (χ1n) is 10.1. The lowest BCUT2D eigenvalue weighted by Gasteiger charge is -2.25. The maximum absolute atomic E-state index is 12.8. The van der Waals surface area contributed by atoms with Gasteiger partial charge in [-0.05, 0) is 31.2 Å². The van der Waals surface area contributed by atoms with Crippen molar-refractivity contribution in [2.24, 2.45) is 0 Å². The molecule has 1 atom stereocenters. The summed E-state index contributed by atoms with van der Waals surface area (Å²) in [6.07, 6.45) is 6.70. The van der Waals surface area contributed by atoms with Crippen LogP contribution in [0.15, 0.2) is 28.0 Å². The van der Waals surface area contributed by atoms with E-state index in [0.29, 0.717) is 11.0 Å². The molecule has 0 aliphatic heterocycles. The van der Waals surface area contributed by atoms with Gasteiger partial charge < -0.3 is 4.57 Å². The van der Waals surface area contributed by atoms with Crippen molar-refractivity contribution in [3.05, 3.63) is 44.3 Å². The Bertz CT molecular complexity index is 1030. The van der Waals surface area contributed by atoms with Crippen molar-refractivity contribution in [2.75, 3.05) is 5.75 Å². The Morgan fingerprint density at radius 1 is 1.33 bits per heavy atom. The fourth-order valence-electron chi connectivity index (χ4n) is 3.79. The van der Waals surface area contributed by atoms with Crippen LogP contribution in [0.4, 0.5) is 0 Å². The van der Waals surface area contributed by atoms with E-state index in [1.165, 1.54) is 47.2 Å². The van der Waals surface area contributed by atoms with E-state index in [4.69, 9.17) is 0 Å². The Labute approximate surface area is 188 Å². The zero-order valence-electron chi connectivity index (χ0n) is 16.8. The molecule has 1 unspecified atom stereocenters. The van der Waals surface area contributed by atoms with E-state index in [1.807, 2.05) is 12.3 Å². The molecule has 0 bridgehead atoms. The van der Waals surface area contributed by atoms with E-state index in [9.17, 15) is 10.1 Å². The Kier molecular flexibility index (Phi) is 6.97. The van der Waals surface area contributed by atoms with E-state index in [1.54, 1.807) is 11.3 Å². The third-order valence-electron chi connectivity index (χ3n) is 5.27. The summed E-state index contributed by atoms with van der Waals surface area (Å²) in [7, 11) is 0. The van der Waals surface area contributed by atoms with Crippen molar-refractivity contribution < 1.29 is 4.79 Å². The number of carbonyl (C=O) groups excluding carboxylic acids is 1. The van der Waals surface area contributed by atoms with Crippen LogP contribution in [0.2, 0.25) is 0 Å². The minimum Gasteiger partial charge on any atom is -0.303 e. The van der Waals surface area contributed by atoms with Gasteiger partial charge in [-0.3, -0.25) is 4.79 Å². The van der Waals surface area contributed by atoms with E-state index in [-0.39, 0.29) is 11.5 Å². The Morgan fingerprint density at radius 2 is 2.17 bits per heavy atom. The first-order valence-corrected chi connectivity index (χ1v) is 12.8. The van der Waals surface area contributed by atoms with E-state index in [2.05, 4.69) is 43.3 Å². The van der Waals surface area contributed by atoms with E-state index >= 15 is 0 Å². The monoisotopic (exact) mass is 457 g/mol. The summed E-state index contributed by atoms with van der Waals surface area (Å²) in [6, 6.07) is 6.68. The van der Waals surface area contributed by atoms with Crippen molar-refractivity contribution in [3.63, 3.8) is 0 Å². The van der Waals surface area contributed by atoms with Crippen molar-refractivity contribution in [1.82, 2.24) is 19.7 Å². The second kappa shape index (κ2) is 9.86. The van der Waals surface area contributed by atoms with Crippen LogP contribution in [0.1, 0.15) is 65.5 Å². The van der Waals surface area contributed by atoms with Crippen LogP contribution < -0.4 is 0 Å². The summed E-state index contributed by atoms with van der Waals surface area (Å²) < 4.78 is 2.26. The predicted molar refractivity (Wildman–Crippen MR) is 120 cm³/mol. The number of aryl methyl sites for hydroxylation is 1. The first-order chi connectivity index (χ1) is 14.7. The lowest BCUT2D eigenvalue weighted by molar-refractivity contribution is -0.116. The summed E-state index contributed by atoms with van der Waals surface area (Å²) in [4.78, 5) is 18.4.